The molecule has 0 unspecified atom stereocenters. The fraction of sp³-hybridized carbons (Fsp3) is 0.167. The molecule has 0 amide bonds. The van der Waals surface area contributed by atoms with E-state index in [1.807, 2.05) is 47.5 Å². The Morgan fingerprint density at radius 1 is 1.20 bits per heavy atom. The Bertz CT molecular complexity index is 1010. The molecule has 0 spiro atoms. The molecule has 126 valence electrons. The molecular weight excluding hydrogens is 334 g/mol. The smallest absolute Gasteiger partial charge is 0.139 e. The first kappa shape index (κ1) is 15.6. The average molecular weight is 351 g/mol. The molecule has 0 bridgehead atoms. The number of aromatic nitrogens is 4. The SMILES string of the molecule is COc1cccc([C@@H](Nc2ncnc3sccc23)c2nccn2C)c1. The first-order valence-electron chi connectivity index (χ1n) is 7.82. The summed E-state index contributed by atoms with van der Waals surface area (Å²) in [6, 6.07) is 9.85. The van der Waals surface area contributed by atoms with E-state index in [2.05, 4.69) is 26.3 Å². The molecule has 0 aliphatic heterocycles. The number of benzene rings is 1. The summed E-state index contributed by atoms with van der Waals surface area (Å²) in [5.74, 6) is 2.50. The fourth-order valence-electron chi connectivity index (χ4n) is 2.82. The van der Waals surface area contributed by atoms with Crippen molar-refractivity contribution >= 4 is 27.4 Å². The largest absolute Gasteiger partial charge is 0.497 e. The van der Waals surface area contributed by atoms with Crippen molar-refractivity contribution in [2.24, 2.45) is 7.05 Å². The molecule has 0 saturated carbocycles. The number of imidazole rings is 1. The van der Waals surface area contributed by atoms with Gasteiger partial charge >= 0.3 is 0 Å². The standard InChI is InChI=1S/C18H17N5OS/c1-23-8-7-19-17(23)15(12-4-3-5-13(10-12)24-2)22-16-14-6-9-25-18(14)21-11-20-16/h3-11,15H,1-2H3,(H,20,21,22)/t15-/m1/s1. The summed E-state index contributed by atoms with van der Waals surface area (Å²) in [7, 11) is 3.65. The van der Waals surface area contributed by atoms with Crippen LogP contribution >= 0.6 is 11.3 Å². The van der Waals surface area contributed by atoms with E-state index < -0.39 is 0 Å². The van der Waals surface area contributed by atoms with E-state index in [1.54, 1.807) is 31.0 Å². The first-order chi connectivity index (χ1) is 12.3. The monoisotopic (exact) mass is 351 g/mol. The second-order valence-corrected chi connectivity index (χ2v) is 6.51. The van der Waals surface area contributed by atoms with Gasteiger partial charge in [0.05, 0.1) is 12.5 Å². The zero-order valence-electron chi connectivity index (χ0n) is 13.9. The van der Waals surface area contributed by atoms with Gasteiger partial charge in [0.15, 0.2) is 0 Å². The van der Waals surface area contributed by atoms with Crippen molar-refractivity contribution in [1.29, 1.82) is 0 Å². The van der Waals surface area contributed by atoms with Crippen molar-refractivity contribution in [1.82, 2.24) is 19.5 Å². The Morgan fingerprint density at radius 3 is 2.92 bits per heavy atom. The molecule has 0 radical (unpaired) electrons. The molecule has 0 saturated heterocycles. The second kappa shape index (κ2) is 6.52. The maximum absolute atomic E-state index is 5.38. The summed E-state index contributed by atoms with van der Waals surface area (Å²) >= 11 is 1.60. The normalized spacial score (nSPS) is 12.2. The Morgan fingerprint density at radius 2 is 2.12 bits per heavy atom. The summed E-state index contributed by atoms with van der Waals surface area (Å²) in [4.78, 5) is 14.2. The van der Waals surface area contributed by atoms with Crippen LogP contribution < -0.4 is 10.1 Å². The van der Waals surface area contributed by atoms with Crippen LogP contribution in [-0.2, 0) is 7.05 Å². The van der Waals surface area contributed by atoms with E-state index >= 15 is 0 Å². The lowest BCUT2D eigenvalue weighted by molar-refractivity contribution is 0.414. The minimum atomic E-state index is -0.159. The first-order valence-corrected chi connectivity index (χ1v) is 8.70. The van der Waals surface area contributed by atoms with Gasteiger partial charge in [-0.2, -0.15) is 0 Å². The van der Waals surface area contributed by atoms with E-state index in [0.717, 1.165) is 33.2 Å². The number of hydrogen-bond donors (Lipinski definition) is 1. The topological polar surface area (TPSA) is 64.9 Å². The molecule has 0 aliphatic rings. The van der Waals surface area contributed by atoms with Crippen molar-refractivity contribution in [3.63, 3.8) is 0 Å². The van der Waals surface area contributed by atoms with Crippen LogP contribution in [0, 0.1) is 0 Å². The summed E-state index contributed by atoms with van der Waals surface area (Å²) in [6.07, 6.45) is 5.32. The van der Waals surface area contributed by atoms with Crippen LogP contribution in [0.25, 0.3) is 10.2 Å². The Kier molecular flexibility index (Phi) is 4.07. The lowest BCUT2D eigenvalue weighted by atomic mass is 10.1. The molecule has 1 N–H and O–H groups in total. The van der Waals surface area contributed by atoms with Crippen LogP contribution in [0.3, 0.4) is 0 Å². The summed E-state index contributed by atoms with van der Waals surface area (Å²) in [5, 5.41) is 6.56. The number of fused-ring (bicyclic) bond motifs is 1. The van der Waals surface area contributed by atoms with Crippen LogP contribution in [0.4, 0.5) is 5.82 Å². The molecule has 1 atom stereocenters. The predicted octanol–water partition coefficient (Wildman–Crippen LogP) is 3.63. The number of anilines is 1. The van der Waals surface area contributed by atoms with Gasteiger partial charge in [0.25, 0.3) is 0 Å². The highest BCUT2D eigenvalue weighted by molar-refractivity contribution is 7.16. The summed E-state index contributed by atoms with van der Waals surface area (Å²) < 4.78 is 7.38. The number of rotatable bonds is 5. The Labute approximate surface area is 149 Å². The molecule has 7 heteroatoms. The lowest BCUT2D eigenvalue weighted by Crippen LogP contribution is -2.17. The molecule has 0 fully saturated rings. The zero-order chi connectivity index (χ0) is 17.2. The van der Waals surface area contributed by atoms with Gasteiger partial charge in [0.1, 0.15) is 34.6 Å². The molecule has 3 heterocycles. The predicted molar refractivity (Wildman–Crippen MR) is 99.1 cm³/mol. The third-order valence-corrected chi connectivity index (χ3v) is 4.91. The lowest BCUT2D eigenvalue weighted by Gasteiger charge is -2.20. The summed E-state index contributed by atoms with van der Waals surface area (Å²) in [5.41, 5.74) is 1.05. The maximum atomic E-state index is 5.38. The highest BCUT2D eigenvalue weighted by Gasteiger charge is 2.20. The number of hydrogen-bond acceptors (Lipinski definition) is 6. The molecule has 25 heavy (non-hydrogen) atoms. The fourth-order valence-corrected chi connectivity index (χ4v) is 3.55. The van der Waals surface area contributed by atoms with Crippen LogP contribution in [0.1, 0.15) is 17.4 Å². The molecule has 4 aromatic rings. The number of aryl methyl sites for hydroxylation is 1. The van der Waals surface area contributed by atoms with Gasteiger partial charge in [-0.05, 0) is 29.1 Å². The van der Waals surface area contributed by atoms with Crippen LogP contribution in [0.2, 0.25) is 0 Å². The van der Waals surface area contributed by atoms with Crippen LogP contribution in [-0.4, -0.2) is 26.6 Å². The average Bonchev–Trinajstić information content (AvgIpc) is 3.29. The number of thiophene rings is 1. The van der Waals surface area contributed by atoms with E-state index in [9.17, 15) is 0 Å². The van der Waals surface area contributed by atoms with Gasteiger partial charge < -0.3 is 14.6 Å². The van der Waals surface area contributed by atoms with Crippen molar-refractivity contribution < 1.29 is 4.74 Å². The van der Waals surface area contributed by atoms with E-state index in [-0.39, 0.29) is 6.04 Å². The third kappa shape index (κ3) is 2.94. The van der Waals surface area contributed by atoms with Gasteiger partial charge in [-0.1, -0.05) is 12.1 Å². The van der Waals surface area contributed by atoms with Crippen molar-refractivity contribution in [2.75, 3.05) is 12.4 Å². The van der Waals surface area contributed by atoms with Crippen molar-refractivity contribution in [3.05, 3.63) is 65.8 Å². The number of nitrogens with zero attached hydrogens (tertiary/aromatic N) is 4. The molecule has 4 rings (SSSR count). The van der Waals surface area contributed by atoms with E-state index in [0.29, 0.717) is 0 Å². The van der Waals surface area contributed by atoms with Gasteiger partial charge in [-0.3, -0.25) is 0 Å². The summed E-state index contributed by atoms with van der Waals surface area (Å²) in [6.45, 7) is 0. The molecule has 0 aliphatic carbocycles. The molecule has 1 aromatic carbocycles. The highest BCUT2D eigenvalue weighted by atomic mass is 32.1. The molecule has 3 aromatic heterocycles. The minimum absolute atomic E-state index is 0.159. The Hall–Kier alpha value is -2.93. The van der Waals surface area contributed by atoms with Crippen LogP contribution in [0.5, 0.6) is 5.75 Å². The second-order valence-electron chi connectivity index (χ2n) is 5.61. The van der Waals surface area contributed by atoms with E-state index in [4.69, 9.17) is 4.74 Å². The number of nitrogens with one attached hydrogen (secondary N) is 1. The molecular formula is C18H17N5OS. The number of ether oxygens (including phenoxy) is 1. The third-order valence-electron chi connectivity index (χ3n) is 4.09. The van der Waals surface area contributed by atoms with Gasteiger partial charge in [0, 0.05) is 19.4 Å². The van der Waals surface area contributed by atoms with Gasteiger partial charge in [-0.15, -0.1) is 11.3 Å². The maximum Gasteiger partial charge on any atom is 0.139 e. The van der Waals surface area contributed by atoms with Crippen molar-refractivity contribution in [2.45, 2.75) is 6.04 Å². The van der Waals surface area contributed by atoms with Crippen molar-refractivity contribution in [3.8, 4) is 5.75 Å². The highest BCUT2D eigenvalue weighted by Crippen LogP contribution is 2.31. The zero-order valence-corrected chi connectivity index (χ0v) is 14.7. The molecule has 6 nitrogen and oxygen atoms in total. The van der Waals surface area contributed by atoms with Gasteiger partial charge in [-0.25, -0.2) is 15.0 Å². The Balaban J connectivity index is 1.80. The van der Waals surface area contributed by atoms with Gasteiger partial charge in [0.2, 0.25) is 0 Å². The number of methoxy groups -OCH3 is 1. The minimum Gasteiger partial charge on any atom is -0.497 e. The quantitative estimate of drug-likeness (QED) is 0.595. The van der Waals surface area contributed by atoms with E-state index in [1.165, 1.54) is 0 Å². The van der Waals surface area contributed by atoms with Crippen LogP contribution in [0.15, 0.2) is 54.4 Å².